The van der Waals surface area contributed by atoms with Gasteiger partial charge in [0.25, 0.3) is 5.91 Å². The van der Waals surface area contributed by atoms with E-state index in [2.05, 4.69) is 5.32 Å². The monoisotopic (exact) mass is 429 g/mol. The zero-order valence-corrected chi connectivity index (χ0v) is 16.7. The molecule has 0 heterocycles. The fraction of sp³-hybridized carbons (Fsp3) is 0.0909. The van der Waals surface area contributed by atoms with E-state index in [1.165, 1.54) is 0 Å². The van der Waals surface area contributed by atoms with Crippen molar-refractivity contribution in [2.75, 3.05) is 11.9 Å². The van der Waals surface area contributed by atoms with Crippen molar-refractivity contribution in [2.24, 2.45) is 0 Å². The minimum absolute atomic E-state index is 0.238. The first-order chi connectivity index (χ1) is 14.0. The summed E-state index contributed by atoms with van der Waals surface area (Å²) in [4.78, 5) is 24.5. The van der Waals surface area contributed by atoms with E-state index >= 15 is 0 Å². The van der Waals surface area contributed by atoms with Crippen molar-refractivity contribution in [3.63, 3.8) is 0 Å². The van der Waals surface area contributed by atoms with Gasteiger partial charge in [0.1, 0.15) is 17.9 Å². The van der Waals surface area contributed by atoms with E-state index in [4.69, 9.17) is 32.7 Å². The minimum Gasteiger partial charge on any atom is -0.488 e. The van der Waals surface area contributed by atoms with Crippen molar-refractivity contribution in [1.29, 1.82) is 0 Å². The molecule has 0 saturated heterocycles. The van der Waals surface area contributed by atoms with Crippen LogP contribution in [0.1, 0.15) is 15.9 Å². The first kappa shape index (κ1) is 20.7. The SMILES string of the molecule is O=C(COC(=O)c1ccccc1OCc1ccccc1)Nc1cc(Cl)cc(Cl)c1. The van der Waals surface area contributed by atoms with Crippen LogP contribution in [0.3, 0.4) is 0 Å². The predicted molar refractivity (Wildman–Crippen MR) is 113 cm³/mol. The number of para-hydroxylation sites is 1. The summed E-state index contributed by atoms with van der Waals surface area (Å²) in [6.45, 7) is -0.156. The van der Waals surface area contributed by atoms with Crippen molar-refractivity contribution in [3.05, 3.63) is 94.0 Å². The van der Waals surface area contributed by atoms with Crippen LogP contribution in [0.25, 0.3) is 0 Å². The molecular weight excluding hydrogens is 413 g/mol. The van der Waals surface area contributed by atoms with Crippen LogP contribution in [0.15, 0.2) is 72.8 Å². The molecule has 0 spiro atoms. The normalized spacial score (nSPS) is 10.3. The van der Waals surface area contributed by atoms with E-state index in [9.17, 15) is 9.59 Å². The molecule has 3 aromatic carbocycles. The molecule has 0 radical (unpaired) electrons. The Morgan fingerprint density at radius 3 is 2.24 bits per heavy atom. The fourth-order valence-corrected chi connectivity index (χ4v) is 3.05. The lowest BCUT2D eigenvalue weighted by atomic mass is 10.2. The summed E-state index contributed by atoms with van der Waals surface area (Å²) >= 11 is 11.8. The molecule has 0 aliphatic rings. The molecule has 0 unspecified atom stereocenters. The summed E-state index contributed by atoms with van der Waals surface area (Å²) in [6, 6.07) is 20.9. The number of halogens is 2. The molecule has 1 amide bonds. The van der Waals surface area contributed by atoms with Gasteiger partial charge < -0.3 is 14.8 Å². The average Bonchev–Trinajstić information content (AvgIpc) is 2.71. The first-order valence-electron chi connectivity index (χ1n) is 8.70. The highest BCUT2D eigenvalue weighted by molar-refractivity contribution is 6.35. The molecule has 0 aliphatic carbocycles. The molecule has 0 aromatic heterocycles. The Balaban J connectivity index is 1.58. The van der Waals surface area contributed by atoms with E-state index in [1.807, 2.05) is 30.3 Å². The highest BCUT2D eigenvalue weighted by Crippen LogP contribution is 2.23. The van der Waals surface area contributed by atoms with Gasteiger partial charge in [0.05, 0.1) is 0 Å². The van der Waals surface area contributed by atoms with Crippen molar-refractivity contribution in [2.45, 2.75) is 6.61 Å². The van der Waals surface area contributed by atoms with Crippen molar-refractivity contribution < 1.29 is 19.1 Å². The number of carbonyl (C=O) groups is 2. The number of ether oxygens (including phenoxy) is 2. The van der Waals surface area contributed by atoms with Gasteiger partial charge in [0.2, 0.25) is 0 Å². The maximum Gasteiger partial charge on any atom is 0.342 e. The molecule has 0 fully saturated rings. The van der Waals surface area contributed by atoms with E-state index in [0.717, 1.165) is 5.56 Å². The van der Waals surface area contributed by atoms with Gasteiger partial charge >= 0.3 is 5.97 Å². The highest BCUT2D eigenvalue weighted by atomic mass is 35.5. The summed E-state index contributed by atoms with van der Waals surface area (Å²) in [7, 11) is 0. The third-order valence-corrected chi connectivity index (χ3v) is 4.26. The Labute approximate surface area is 178 Å². The van der Waals surface area contributed by atoms with Crippen LogP contribution in [0.5, 0.6) is 5.75 Å². The molecule has 7 heteroatoms. The largest absolute Gasteiger partial charge is 0.488 e. The second-order valence-corrected chi connectivity index (χ2v) is 6.93. The molecule has 0 atom stereocenters. The number of hydrogen-bond donors (Lipinski definition) is 1. The number of benzene rings is 3. The smallest absolute Gasteiger partial charge is 0.342 e. The molecule has 3 rings (SSSR count). The molecule has 3 aromatic rings. The second kappa shape index (κ2) is 9.96. The summed E-state index contributed by atoms with van der Waals surface area (Å²) in [6.07, 6.45) is 0. The molecule has 5 nitrogen and oxygen atoms in total. The number of esters is 1. The van der Waals surface area contributed by atoms with Gasteiger partial charge in [0.15, 0.2) is 6.61 Å². The molecule has 29 heavy (non-hydrogen) atoms. The average molecular weight is 430 g/mol. The molecule has 0 bridgehead atoms. The van der Waals surface area contributed by atoms with Gasteiger partial charge in [-0.3, -0.25) is 4.79 Å². The van der Waals surface area contributed by atoms with Crippen LogP contribution in [-0.2, 0) is 16.1 Å². The Kier molecular flexibility index (Phi) is 7.11. The zero-order chi connectivity index (χ0) is 20.6. The van der Waals surface area contributed by atoms with Crippen LogP contribution < -0.4 is 10.1 Å². The summed E-state index contributed by atoms with van der Waals surface area (Å²) in [5, 5.41) is 3.34. The summed E-state index contributed by atoms with van der Waals surface area (Å²) in [5.41, 5.74) is 1.62. The van der Waals surface area contributed by atoms with Crippen molar-refractivity contribution in [1.82, 2.24) is 0 Å². The van der Waals surface area contributed by atoms with E-state index in [1.54, 1.807) is 42.5 Å². The van der Waals surface area contributed by atoms with E-state index in [0.29, 0.717) is 28.1 Å². The zero-order valence-electron chi connectivity index (χ0n) is 15.2. The number of nitrogens with one attached hydrogen (secondary N) is 1. The number of rotatable bonds is 7. The van der Waals surface area contributed by atoms with Gasteiger partial charge in [0, 0.05) is 15.7 Å². The van der Waals surface area contributed by atoms with Gasteiger partial charge in [-0.2, -0.15) is 0 Å². The maximum atomic E-state index is 12.4. The predicted octanol–water partition coefficient (Wildman–Crippen LogP) is 5.37. The van der Waals surface area contributed by atoms with Crippen LogP contribution in [0, 0.1) is 0 Å². The number of carbonyl (C=O) groups excluding carboxylic acids is 2. The number of anilines is 1. The Morgan fingerprint density at radius 2 is 1.52 bits per heavy atom. The second-order valence-electron chi connectivity index (χ2n) is 6.05. The van der Waals surface area contributed by atoms with Crippen molar-refractivity contribution >= 4 is 40.8 Å². The molecule has 148 valence electrons. The lowest BCUT2D eigenvalue weighted by Crippen LogP contribution is -2.21. The molecular formula is C22H17Cl2NO4. The third kappa shape index (κ3) is 6.24. The first-order valence-corrected chi connectivity index (χ1v) is 9.45. The van der Waals surface area contributed by atoms with Gasteiger partial charge in [-0.05, 0) is 35.9 Å². The number of amides is 1. The number of hydrogen-bond acceptors (Lipinski definition) is 4. The lowest BCUT2D eigenvalue weighted by molar-refractivity contribution is -0.119. The standard InChI is InChI=1S/C22H17Cl2NO4/c23-16-10-17(24)12-18(11-16)25-21(26)14-29-22(27)19-8-4-5-9-20(19)28-13-15-6-2-1-3-7-15/h1-12H,13-14H2,(H,25,26). The Morgan fingerprint density at radius 1 is 0.862 bits per heavy atom. The topological polar surface area (TPSA) is 64.6 Å². The molecule has 1 N–H and O–H groups in total. The van der Waals surface area contributed by atoms with E-state index < -0.39 is 18.5 Å². The van der Waals surface area contributed by atoms with Gasteiger partial charge in [-0.15, -0.1) is 0 Å². The Bertz CT molecular complexity index is 988. The molecule has 0 aliphatic heterocycles. The lowest BCUT2D eigenvalue weighted by Gasteiger charge is -2.11. The van der Waals surface area contributed by atoms with E-state index in [-0.39, 0.29) is 5.56 Å². The van der Waals surface area contributed by atoms with Crippen LogP contribution in [-0.4, -0.2) is 18.5 Å². The maximum absolute atomic E-state index is 12.4. The van der Waals surface area contributed by atoms with Crippen LogP contribution in [0.4, 0.5) is 5.69 Å². The third-order valence-electron chi connectivity index (χ3n) is 3.82. The van der Waals surface area contributed by atoms with Crippen LogP contribution >= 0.6 is 23.2 Å². The summed E-state index contributed by atoms with van der Waals surface area (Å²) < 4.78 is 10.9. The van der Waals surface area contributed by atoms with Gasteiger partial charge in [-0.1, -0.05) is 65.7 Å². The minimum atomic E-state index is -0.659. The fourth-order valence-electron chi connectivity index (χ4n) is 2.53. The highest BCUT2D eigenvalue weighted by Gasteiger charge is 2.15. The van der Waals surface area contributed by atoms with Crippen LogP contribution in [0.2, 0.25) is 10.0 Å². The summed E-state index contributed by atoms with van der Waals surface area (Å²) in [5.74, 6) is -0.796. The van der Waals surface area contributed by atoms with Crippen molar-refractivity contribution in [3.8, 4) is 5.75 Å². The van der Waals surface area contributed by atoms with Gasteiger partial charge in [-0.25, -0.2) is 4.79 Å². The quantitative estimate of drug-likeness (QED) is 0.512. The molecule has 0 saturated carbocycles. The Hall–Kier alpha value is -3.02.